The summed E-state index contributed by atoms with van der Waals surface area (Å²) in [6.07, 6.45) is 1.09. The van der Waals surface area contributed by atoms with Crippen molar-refractivity contribution in [3.63, 3.8) is 0 Å². The van der Waals surface area contributed by atoms with Gasteiger partial charge in [-0.1, -0.05) is 25.4 Å². The quantitative estimate of drug-likeness (QED) is 0.766. The molecule has 0 saturated heterocycles. The smallest absolute Gasteiger partial charge is 0.326 e. The number of nitrogens with one attached hydrogen (secondary N) is 1. The Morgan fingerprint density at radius 3 is 2.55 bits per heavy atom. The van der Waals surface area contributed by atoms with Crippen molar-refractivity contribution in [2.24, 2.45) is 0 Å². The highest BCUT2D eigenvalue weighted by molar-refractivity contribution is 6.32. The van der Waals surface area contributed by atoms with Crippen LogP contribution < -0.4 is 14.8 Å². The lowest BCUT2D eigenvalue weighted by Crippen LogP contribution is -2.40. The Hall–Kier alpha value is -1.95. The number of aliphatic carboxylic acids is 1. The summed E-state index contributed by atoms with van der Waals surface area (Å²) < 4.78 is 10.7. The lowest BCUT2D eigenvalue weighted by atomic mass is 10.1. The fraction of sp³-hybridized carbons (Fsp3) is 0.467. The van der Waals surface area contributed by atoms with Crippen LogP contribution in [0.3, 0.4) is 0 Å². The molecule has 0 saturated carbocycles. The van der Waals surface area contributed by atoms with Crippen LogP contribution in [-0.4, -0.2) is 36.7 Å². The van der Waals surface area contributed by atoms with Gasteiger partial charge < -0.3 is 19.9 Å². The summed E-state index contributed by atoms with van der Waals surface area (Å²) in [5, 5.41) is 11.6. The highest BCUT2D eigenvalue weighted by atomic mass is 35.5. The van der Waals surface area contributed by atoms with Gasteiger partial charge in [-0.15, -0.1) is 0 Å². The first-order chi connectivity index (χ1) is 10.4. The van der Waals surface area contributed by atoms with Gasteiger partial charge in [0, 0.05) is 5.56 Å². The number of ether oxygens (including phenoxy) is 2. The van der Waals surface area contributed by atoms with Crippen molar-refractivity contribution in [2.75, 3.05) is 13.7 Å². The number of halogens is 1. The zero-order valence-electron chi connectivity index (χ0n) is 12.8. The maximum Gasteiger partial charge on any atom is 0.326 e. The summed E-state index contributed by atoms with van der Waals surface area (Å²) in [4.78, 5) is 23.1. The van der Waals surface area contributed by atoms with Crippen LogP contribution in [0.4, 0.5) is 0 Å². The number of amides is 1. The Morgan fingerprint density at radius 2 is 2.05 bits per heavy atom. The van der Waals surface area contributed by atoms with Crippen molar-refractivity contribution in [1.82, 2.24) is 5.32 Å². The molecule has 0 aromatic heterocycles. The molecule has 1 atom stereocenters. The zero-order valence-corrected chi connectivity index (χ0v) is 13.6. The predicted molar refractivity (Wildman–Crippen MR) is 83.0 cm³/mol. The molecule has 1 unspecified atom stereocenters. The molecule has 0 bridgehead atoms. The minimum absolute atomic E-state index is 0.213. The standard InChI is InChI=1S/C15H20ClNO5/c1-4-6-22-13-10(16)7-9(8-12(13)21-3)14(18)17-11(5-2)15(19)20/h7-8,11H,4-6H2,1-3H3,(H,17,18)(H,19,20). The second-order valence-electron chi connectivity index (χ2n) is 4.61. The molecule has 0 spiro atoms. The monoisotopic (exact) mass is 329 g/mol. The third-order valence-electron chi connectivity index (χ3n) is 2.95. The van der Waals surface area contributed by atoms with Gasteiger partial charge in [-0.3, -0.25) is 4.79 Å². The number of hydrogen-bond donors (Lipinski definition) is 2. The SMILES string of the molecule is CCCOc1c(Cl)cc(C(=O)NC(CC)C(=O)O)cc1OC. The van der Waals surface area contributed by atoms with E-state index in [4.69, 9.17) is 26.2 Å². The minimum atomic E-state index is -1.09. The van der Waals surface area contributed by atoms with Gasteiger partial charge in [0.1, 0.15) is 6.04 Å². The molecule has 1 aromatic rings. The van der Waals surface area contributed by atoms with Crippen LogP contribution in [0.5, 0.6) is 11.5 Å². The molecule has 7 heteroatoms. The molecule has 0 radical (unpaired) electrons. The van der Waals surface area contributed by atoms with Crippen molar-refractivity contribution in [3.8, 4) is 11.5 Å². The fourth-order valence-electron chi connectivity index (χ4n) is 1.78. The number of rotatable bonds is 8. The van der Waals surface area contributed by atoms with Gasteiger partial charge in [-0.2, -0.15) is 0 Å². The van der Waals surface area contributed by atoms with Gasteiger partial charge >= 0.3 is 5.97 Å². The molecular weight excluding hydrogens is 310 g/mol. The van der Waals surface area contributed by atoms with Crippen LogP contribution in [0, 0.1) is 0 Å². The Kier molecular flexibility index (Phi) is 6.98. The number of benzene rings is 1. The fourth-order valence-corrected chi connectivity index (χ4v) is 2.04. The normalized spacial score (nSPS) is 11.6. The van der Waals surface area contributed by atoms with Gasteiger partial charge in [-0.05, 0) is 25.0 Å². The summed E-state index contributed by atoms with van der Waals surface area (Å²) in [5.41, 5.74) is 0.213. The van der Waals surface area contributed by atoms with Crippen molar-refractivity contribution in [3.05, 3.63) is 22.7 Å². The van der Waals surface area contributed by atoms with E-state index in [9.17, 15) is 9.59 Å². The third-order valence-corrected chi connectivity index (χ3v) is 3.23. The molecule has 0 heterocycles. The van der Waals surface area contributed by atoms with E-state index in [1.54, 1.807) is 6.92 Å². The number of carbonyl (C=O) groups is 2. The third kappa shape index (κ3) is 4.53. The van der Waals surface area contributed by atoms with E-state index in [0.717, 1.165) is 6.42 Å². The molecular formula is C15H20ClNO5. The first-order valence-corrected chi connectivity index (χ1v) is 7.36. The number of carboxylic acids is 1. The molecule has 22 heavy (non-hydrogen) atoms. The van der Waals surface area contributed by atoms with Gasteiger partial charge in [-0.25, -0.2) is 4.79 Å². The van der Waals surface area contributed by atoms with Crippen LogP contribution in [0.15, 0.2) is 12.1 Å². The molecule has 1 aromatic carbocycles. The average Bonchev–Trinajstić information content (AvgIpc) is 2.49. The number of carboxylic acid groups (broad SMARTS) is 1. The molecule has 0 aliphatic heterocycles. The highest BCUT2D eigenvalue weighted by Crippen LogP contribution is 2.36. The summed E-state index contributed by atoms with van der Waals surface area (Å²) >= 11 is 6.12. The summed E-state index contributed by atoms with van der Waals surface area (Å²) in [7, 11) is 1.44. The van der Waals surface area contributed by atoms with Gasteiger partial charge in [0.25, 0.3) is 5.91 Å². The van der Waals surface area contributed by atoms with Crippen molar-refractivity contribution >= 4 is 23.5 Å². The summed E-state index contributed by atoms with van der Waals surface area (Å²) in [5.74, 6) is -0.921. The summed E-state index contributed by atoms with van der Waals surface area (Å²) in [6.45, 7) is 4.10. The van der Waals surface area contributed by atoms with Crippen LogP contribution in [0.2, 0.25) is 5.02 Å². The highest BCUT2D eigenvalue weighted by Gasteiger charge is 2.21. The second kappa shape index (κ2) is 8.48. The van der Waals surface area contributed by atoms with Crippen LogP contribution in [-0.2, 0) is 4.79 Å². The van der Waals surface area contributed by atoms with Crippen LogP contribution in [0.1, 0.15) is 37.0 Å². The first kappa shape index (κ1) is 18.1. The molecule has 1 amide bonds. The Labute approximate surface area is 134 Å². The van der Waals surface area contributed by atoms with Crippen molar-refractivity contribution in [2.45, 2.75) is 32.7 Å². The predicted octanol–water partition coefficient (Wildman–Crippen LogP) is 2.73. The Bertz CT molecular complexity index is 547. The maximum absolute atomic E-state index is 12.1. The lowest BCUT2D eigenvalue weighted by molar-refractivity contribution is -0.139. The Morgan fingerprint density at radius 1 is 1.36 bits per heavy atom. The van der Waals surface area contributed by atoms with E-state index in [1.807, 2.05) is 6.92 Å². The van der Waals surface area contributed by atoms with Crippen molar-refractivity contribution < 1.29 is 24.2 Å². The molecule has 122 valence electrons. The first-order valence-electron chi connectivity index (χ1n) is 6.98. The number of carbonyl (C=O) groups excluding carboxylic acids is 1. The number of methoxy groups -OCH3 is 1. The molecule has 2 N–H and O–H groups in total. The van der Waals surface area contributed by atoms with E-state index in [-0.39, 0.29) is 17.0 Å². The zero-order chi connectivity index (χ0) is 16.7. The molecule has 0 aliphatic rings. The van der Waals surface area contributed by atoms with E-state index in [0.29, 0.717) is 18.1 Å². The van der Waals surface area contributed by atoms with Gasteiger partial charge in [0.05, 0.1) is 18.7 Å². The minimum Gasteiger partial charge on any atom is -0.493 e. The van der Waals surface area contributed by atoms with Crippen LogP contribution >= 0.6 is 11.6 Å². The molecule has 6 nitrogen and oxygen atoms in total. The van der Waals surface area contributed by atoms with E-state index >= 15 is 0 Å². The Balaban J connectivity index is 3.03. The number of hydrogen-bond acceptors (Lipinski definition) is 4. The van der Waals surface area contributed by atoms with Crippen LogP contribution in [0.25, 0.3) is 0 Å². The lowest BCUT2D eigenvalue weighted by Gasteiger charge is -2.15. The molecule has 0 aliphatic carbocycles. The van der Waals surface area contributed by atoms with Crippen molar-refractivity contribution in [1.29, 1.82) is 0 Å². The topological polar surface area (TPSA) is 84.9 Å². The largest absolute Gasteiger partial charge is 0.493 e. The molecule has 0 fully saturated rings. The van der Waals surface area contributed by atoms with E-state index in [2.05, 4.69) is 5.32 Å². The second-order valence-corrected chi connectivity index (χ2v) is 5.02. The molecule has 1 rings (SSSR count). The van der Waals surface area contributed by atoms with E-state index < -0.39 is 17.9 Å². The van der Waals surface area contributed by atoms with Gasteiger partial charge in [0.2, 0.25) is 0 Å². The summed E-state index contributed by atoms with van der Waals surface area (Å²) in [6, 6.07) is 1.95. The maximum atomic E-state index is 12.1. The van der Waals surface area contributed by atoms with Gasteiger partial charge in [0.15, 0.2) is 11.5 Å². The average molecular weight is 330 g/mol. The van der Waals surface area contributed by atoms with E-state index in [1.165, 1.54) is 19.2 Å².